The van der Waals surface area contributed by atoms with E-state index < -0.39 is 8.56 Å². The van der Waals surface area contributed by atoms with Gasteiger partial charge in [-0.05, 0) is 51.4 Å². The fraction of sp³-hybridized carbons (Fsp3) is 1.00. The maximum atomic E-state index is 7.27. The highest BCUT2D eigenvalue weighted by atomic mass is 28.4. The predicted octanol–water partition coefficient (Wildman–Crippen LogP) is 7.02. The SMILES string of the molecule is C1CCC(O[Si](OC2CCCCC2)(C2CCCC2)C2CCCC2)CC1. The molecule has 4 aliphatic carbocycles. The van der Waals surface area contributed by atoms with Crippen LogP contribution in [-0.4, -0.2) is 20.8 Å². The van der Waals surface area contributed by atoms with E-state index in [4.69, 9.17) is 8.85 Å². The lowest BCUT2D eigenvalue weighted by Crippen LogP contribution is -2.54. The van der Waals surface area contributed by atoms with Crippen molar-refractivity contribution in [3.8, 4) is 0 Å². The van der Waals surface area contributed by atoms with E-state index in [0.717, 1.165) is 11.1 Å². The zero-order valence-corrected chi connectivity index (χ0v) is 17.4. The fourth-order valence-electron chi connectivity index (χ4n) is 6.29. The average molecular weight is 365 g/mol. The first-order valence-corrected chi connectivity index (χ1v) is 13.7. The van der Waals surface area contributed by atoms with E-state index in [1.54, 1.807) is 0 Å². The van der Waals surface area contributed by atoms with E-state index in [9.17, 15) is 0 Å². The summed E-state index contributed by atoms with van der Waals surface area (Å²) in [6.45, 7) is 0. The van der Waals surface area contributed by atoms with Crippen LogP contribution in [0.25, 0.3) is 0 Å². The first-order chi connectivity index (χ1) is 12.4. The summed E-state index contributed by atoms with van der Waals surface area (Å²) in [7, 11) is -2.10. The number of hydrogen-bond acceptors (Lipinski definition) is 2. The Balaban J connectivity index is 1.57. The van der Waals surface area contributed by atoms with Gasteiger partial charge in [0.1, 0.15) is 0 Å². The third kappa shape index (κ3) is 4.35. The predicted molar refractivity (Wildman–Crippen MR) is 106 cm³/mol. The van der Waals surface area contributed by atoms with Gasteiger partial charge in [-0.25, -0.2) is 0 Å². The molecule has 0 bridgehead atoms. The van der Waals surface area contributed by atoms with Crippen LogP contribution in [0, 0.1) is 0 Å². The van der Waals surface area contributed by atoms with Crippen molar-refractivity contribution < 1.29 is 8.85 Å². The maximum absolute atomic E-state index is 7.27. The minimum absolute atomic E-state index is 0.533. The van der Waals surface area contributed by atoms with E-state index >= 15 is 0 Å². The van der Waals surface area contributed by atoms with Crippen LogP contribution in [0.4, 0.5) is 0 Å². The topological polar surface area (TPSA) is 18.5 Å². The molecule has 0 radical (unpaired) electrons. The van der Waals surface area contributed by atoms with Crippen molar-refractivity contribution in [3.05, 3.63) is 0 Å². The molecule has 0 aromatic rings. The molecular weight excluding hydrogens is 324 g/mol. The van der Waals surface area contributed by atoms with Gasteiger partial charge in [-0.3, -0.25) is 0 Å². The Kier molecular flexibility index (Phi) is 6.57. The third-order valence-corrected chi connectivity index (χ3v) is 12.5. The summed E-state index contributed by atoms with van der Waals surface area (Å²) < 4.78 is 14.5. The summed E-state index contributed by atoms with van der Waals surface area (Å²) in [5.74, 6) is 0. The molecule has 4 saturated carbocycles. The van der Waals surface area contributed by atoms with Crippen LogP contribution in [0.15, 0.2) is 0 Å². The molecule has 0 N–H and O–H groups in total. The second-order valence-corrected chi connectivity index (χ2v) is 13.0. The highest BCUT2D eigenvalue weighted by Gasteiger charge is 2.55. The van der Waals surface area contributed by atoms with Gasteiger partial charge < -0.3 is 8.85 Å². The maximum Gasteiger partial charge on any atom is 0.345 e. The van der Waals surface area contributed by atoms with E-state index in [-0.39, 0.29) is 0 Å². The van der Waals surface area contributed by atoms with Gasteiger partial charge in [0.2, 0.25) is 0 Å². The van der Waals surface area contributed by atoms with E-state index in [1.807, 2.05) is 0 Å². The molecule has 4 aliphatic rings. The summed E-state index contributed by atoms with van der Waals surface area (Å²) in [5, 5.41) is 0. The van der Waals surface area contributed by atoms with Crippen LogP contribution in [0.3, 0.4) is 0 Å². The van der Waals surface area contributed by atoms with Crippen molar-refractivity contribution in [1.82, 2.24) is 0 Å². The first kappa shape index (κ1) is 18.5. The van der Waals surface area contributed by atoms with Crippen molar-refractivity contribution in [3.63, 3.8) is 0 Å². The highest BCUT2D eigenvalue weighted by Crippen LogP contribution is 2.53. The molecule has 0 heterocycles. The van der Waals surface area contributed by atoms with E-state index in [0.29, 0.717) is 12.2 Å². The van der Waals surface area contributed by atoms with Gasteiger partial charge in [0.05, 0.1) is 0 Å². The summed E-state index contributed by atoms with van der Waals surface area (Å²) in [4.78, 5) is 0. The Hall–Kier alpha value is 0.137. The van der Waals surface area contributed by atoms with Gasteiger partial charge in [0, 0.05) is 23.3 Å². The lowest BCUT2D eigenvalue weighted by molar-refractivity contribution is 0.0345. The fourth-order valence-corrected chi connectivity index (χ4v) is 11.7. The van der Waals surface area contributed by atoms with E-state index in [2.05, 4.69) is 0 Å². The molecule has 0 aliphatic heterocycles. The molecule has 0 spiro atoms. The first-order valence-electron chi connectivity index (χ1n) is 11.7. The molecule has 3 heteroatoms. The number of rotatable bonds is 6. The Morgan fingerprint density at radius 1 is 0.400 bits per heavy atom. The minimum Gasteiger partial charge on any atom is -0.391 e. The van der Waals surface area contributed by atoms with E-state index in [1.165, 1.54) is 116 Å². The Labute approximate surface area is 156 Å². The van der Waals surface area contributed by atoms with Gasteiger partial charge in [-0.1, -0.05) is 64.2 Å². The zero-order chi connectivity index (χ0) is 17.0. The minimum atomic E-state index is -2.10. The standard InChI is InChI=1S/C22H40O2Si/c1-3-11-19(12-4-1)23-25(21-15-7-8-16-21,22-17-9-10-18-22)24-20-13-5-2-6-14-20/h19-22H,1-18H2. The Bertz CT molecular complexity index is 351. The second kappa shape index (κ2) is 8.88. The lowest BCUT2D eigenvalue weighted by Gasteiger charge is -2.46. The van der Waals surface area contributed by atoms with Crippen LogP contribution in [-0.2, 0) is 8.85 Å². The number of hydrogen-bond donors (Lipinski definition) is 0. The molecule has 144 valence electrons. The van der Waals surface area contributed by atoms with Crippen molar-refractivity contribution in [2.24, 2.45) is 0 Å². The van der Waals surface area contributed by atoms with Gasteiger partial charge >= 0.3 is 8.56 Å². The van der Waals surface area contributed by atoms with Crippen molar-refractivity contribution >= 4 is 8.56 Å². The normalized spacial score (nSPS) is 28.8. The average Bonchev–Trinajstić information content (AvgIpc) is 3.37. The monoisotopic (exact) mass is 364 g/mol. The highest BCUT2D eigenvalue weighted by molar-refractivity contribution is 6.70. The Morgan fingerprint density at radius 2 is 0.720 bits per heavy atom. The molecule has 0 aromatic heterocycles. The molecule has 0 atom stereocenters. The van der Waals surface area contributed by atoms with Crippen molar-refractivity contribution in [2.75, 3.05) is 0 Å². The quantitative estimate of drug-likeness (QED) is 0.472. The third-order valence-electron chi connectivity index (χ3n) is 7.65. The van der Waals surface area contributed by atoms with Gasteiger partial charge in [0.15, 0.2) is 0 Å². The largest absolute Gasteiger partial charge is 0.391 e. The summed E-state index contributed by atoms with van der Waals surface area (Å²) >= 11 is 0. The summed E-state index contributed by atoms with van der Waals surface area (Å²) in [6, 6.07) is 0. The van der Waals surface area contributed by atoms with Gasteiger partial charge in [-0.2, -0.15) is 0 Å². The molecule has 0 saturated heterocycles. The molecule has 25 heavy (non-hydrogen) atoms. The lowest BCUT2D eigenvalue weighted by atomic mass is 9.98. The summed E-state index contributed by atoms with van der Waals surface area (Å²) in [5.41, 5.74) is 1.61. The molecule has 4 fully saturated rings. The smallest absolute Gasteiger partial charge is 0.345 e. The summed E-state index contributed by atoms with van der Waals surface area (Å²) in [6.07, 6.45) is 26.0. The second-order valence-electron chi connectivity index (χ2n) is 9.44. The van der Waals surface area contributed by atoms with Crippen LogP contribution in [0.1, 0.15) is 116 Å². The molecule has 0 unspecified atom stereocenters. The molecule has 0 aromatic carbocycles. The molecule has 2 nitrogen and oxygen atoms in total. The molecular formula is C22H40O2Si. The van der Waals surface area contributed by atoms with Crippen LogP contribution >= 0.6 is 0 Å². The van der Waals surface area contributed by atoms with Crippen LogP contribution < -0.4 is 0 Å². The van der Waals surface area contributed by atoms with Crippen LogP contribution in [0.5, 0.6) is 0 Å². The molecule has 0 amide bonds. The van der Waals surface area contributed by atoms with Crippen molar-refractivity contribution in [2.45, 2.75) is 139 Å². The van der Waals surface area contributed by atoms with Crippen LogP contribution in [0.2, 0.25) is 11.1 Å². The zero-order valence-electron chi connectivity index (χ0n) is 16.4. The van der Waals surface area contributed by atoms with Gasteiger partial charge in [-0.15, -0.1) is 0 Å². The van der Waals surface area contributed by atoms with Crippen molar-refractivity contribution in [1.29, 1.82) is 0 Å². The Morgan fingerprint density at radius 3 is 1.08 bits per heavy atom. The van der Waals surface area contributed by atoms with Gasteiger partial charge in [0.25, 0.3) is 0 Å². The molecule has 4 rings (SSSR count).